The van der Waals surface area contributed by atoms with Crippen molar-refractivity contribution in [1.29, 1.82) is 0 Å². The van der Waals surface area contributed by atoms with E-state index in [1.165, 1.54) is 4.31 Å². The Kier molecular flexibility index (Phi) is 6.91. The minimum atomic E-state index is -3.69. The molecule has 1 heterocycles. The minimum absolute atomic E-state index is 0. The number of nitrogens with one attached hydrogen (secondary N) is 1. The average Bonchev–Trinajstić information content (AvgIpc) is 2.78. The smallest absolute Gasteiger partial charge is 0.264 e. The molecule has 5 nitrogen and oxygen atoms in total. The first-order valence-corrected chi connectivity index (χ1v) is 11.5. The fraction of sp³-hybridized carbons (Fsp3) is 0.304. The van der Waals surface area contributed by atoms with Crippen molar-refractivity contribution >= 4 is 44.6 Å². The van der Waals surface area contributed by atoms with Crippen LogP contribution >= 0.6 is 12.4 Å². The number of fused-ring (bicyclic) bond motifs is 1. The zero-order valence-electron chi connectivity index (χ0n) is 17.3. The molecule has 0 unspecified atom stereocenters. The number of anilines is 2. The number of halogens is 1. The number of piperazine rings is 1. The highest BCUT2D eigenvalue weighted by atomic mass is 35.5. The molecule has 1 fully saturated rings. The molecule has 0 saturated carbocycles. The molecular weight excluding hydrogens is 418 g/mol. The topological polar surface area (TPSA) is 52.7 Å². The van der Waals surface area contributed by atoms with E-state index in [0.29, 0.717) is 10.6 Å². The highest BCUT2D eigenvalue weighted by Gasteiger charge is 2.25. The van der Waals surface area contributed by atoms with Crippen molar-refractivity contribution in [2.24, 2.45) is 0 Å². The van der Waals surface area contributed by atoms with Gasteiger partial charge in [0.15, 0.2) is 0 Å². The standard InChI is InChI=1S/C23H27N3O2S.ClH/c1-3-18-7-6-8-19(17-18)25(2)29(27,28)23-12-11-22(26-15-13-24-14-16-26)20-9-4-5-10-21(20)23;/h4-12,17,24H,3,13-16H2,1-2H3;1H. The van der Waals surface area contributed by atoms with Crippen LogP contribution in [0, 0.1) is 0 Å². The molecule has 0 radical (unpaired) electrons. The van der Waals surface area contributed by atoms with Crippen LogP contribution in [0.3, 0.4) is 0 Å². The summed E-state index contributed by atoms with van der Waals surface area (Å²) in [5.74, 6) is 0. The number of hydrogen-bond donors (Lipinski definition) is 1. The minimum Gasteiger partial charge on any atom is -0.368 e. The first-order chi connectivity index (χ1) is 14.0. The van der Waals surface area contributed by atoms with E-state index in [-0.39, 0.29) is 12.4 Å². The summed E-state index contributed by atoms with van der Waals surface area (Å²) in [6, 6.07) is 19.2. The second kappa shape index (κ2) is 9.25. The van der Waals surface area contributed by atoms with Gasteiger partial charge in [-0.3, -0.25) is 4.31 Å². The average molecular weight is 446 g/mol. The lowest BCUT2D eigenvalue weighted by molar-refractivity contribution is 0.589. The van der Waals surface area contributed by atoms with Gasteiger partial charge >= 0.3 is 0 Å². The first kappa shape index (κ1) is 22.4. The molecule has 0 aromatic heterocycles. The number of sulfonamides is 1. The molecule has 30 heavy (non-hydrogen) atoms. The van der Waals surface area contributed by atoms with E-state index in [4.69, 9.17) is 0 Å². The first-order valence-electron chi connectivity index (χ1n) is 10.1. The molecule has 1 N–H and O–H groups in total. The molecule has 0 amide bonds. The number of nitrogens with zero attached hydrogens (tertiary/aromatic N) is 2. The molecule has 3 aromatic carbocycles. The summed E-state index contributed by atoms with van der Waals surface area (Å²) in [5, 5.41) is 5.11. The summed E-state index contributed by atoms with van der Waals surface area (Å²) >= 11 is 0. The maximum atomic E-state index is 13.5. The van der Waals surface area contributed by atoms with Gasteiger partial charge in [-0.2, -0.15) is 0 Å². The van der Waals surface area contributed by atoms with Crippen molar-refractivity contribution < 1.29 is 8.42 Å². The van der Waals surface area contributed by atoms with Crippen LogP contribution in [0.25, 0.3) is 10.8 Å². The summed E-state index contributed by atoms with van der Waals surface area (Å²) in [5.41, 5.74) is 2.89. The number of rotatable bonds is 5. The van der Waals surface area contributed by atoms with Gasteiger partial charge in [-0.05, 0) is 36.2 Å². The predicted octanol–water partition coefficient (Wildman–Crippen LogP) is 4.06. The maximum absolute atomic E-state index is 13.5. The molecule has 1 aliphatic rings. The maximum Gasteiger partial charge on any atom is 0.264 e. The molecule has 7 heteroatoms. The van der Waals surface area contributed by atoms with E-state index in [9.17, 15) is 8.42 Å². The Morgan fingerprint density at radius 3 is 2.37 bits per heavy atom. The highest BCUT2D eigenvalue weighted by molar-refractivity contribution is 7.93. The van der Waals surface area contributed by atoms with E-state index in [2.05, 4.69) is 17.1 Å². The SMILES string of the molecule is CCc1cccc(N(C)S(=O)(=O)c2ccc(N3CCNCC3)c3ccccc23)c1.Cl. The van der Waals surface area contributed by atoms with Gasteiger partial charge in [-0.15, -0.1) is 12.4 Å². The zero-order valence-corrected chi connectivity index (χ0v) is 19.0. The van der Waals surface area contributed by atoms with Crippen LogP contribution in [0.5, 0.6) is 0 Å². The van der Waals surface area contributed by atoms with Crippen LogP contribution in [0.15, 0.2) is 65.6 Å². The lowest BCUT2D eigenvalue weighted by Crippen LogP contribution is -2.43. The largest absolute Gasteiger partial charge is 0.368 e. The van der Waals surface area contributed by atoms with Gasteiger partial charge in [0.2, 0.25) is 0 Å². The van der Waals surface area contributed by atoms with Crippen LogP contribution in [0.4, 0.5) is 11.4 Å². The second-order valence-corrected chi connectivity index (χ2v) is 9.30. The normalized spacial score (nSPS) is 14.4. The van der Waals surface area contributed by atoms with Gasteiger partial charge < -0.3 is 10.2 Å². The van der Waals surface area contributed by atoms with E-state index >= 15 is 0 Å². The van der Waals surface area contributed by atoms with Gasteiger partial charge in [0.25, 0.3) is 10.0 Å². The molecule has 1 aliphatic heterocycles. The van der Waals surface area contributed by atoms with E-state index < -0.39 is 10.0 Å². The van der Waals surface area contributed by atoms with Crippen LogP contribution in [-0.4, -0.2) is 41.6 Å². The summed E-state index contributed by atoms with van der Waals surface area (Å²) in [7, 11) is -2.06. The Balaban J connectivity index is 0.00000256. The van der Waals surface area contributed by atoms with E-state index in [1.807, 2.05) is 54.6 Å². The van der Waals surface area contributed by atoms with Gasteiger partial charge in [-0.25, -0.2) is 8.42 Å². The molecule has 4 rings (SSSR count). The fourth-order valence-electron chi connectivity index (χ4n) is 3.92. The van der Waals surface area contributed by atoms with Crippen LogP contribution in [0.2, 0.25) is 0 Å². The van der Waals surface area contributed by atoms with Crippen molar-refractivity contribution in [3.8, 4) is 0 Å². The Morgan fingerprint density at radius 1 is 0.967 bits per heavy atom. The highest BCUT2D eigenvalue weighted by Crippen LogP contribution is 2.34. The molecule has 1 saturated heterocycles. The van der Waals surface area contributed by atoms with Crippen molar-refractivity contribution in [2.45, 2.75) is 18.2 Å². The van der Waals surface area contributed by atoms with Crippen molar-refractivity contribution in [2.75, 3.05) is 42.4 Å². The third-order valence-electron chi connectivity index (χ3n) is 5.64. The zero-order chi connectivity index (χ0) is 20.4. The van der Waals surface area contributed by atoms with Gasteiger partial charge in [0.1, 0.15) is 0 Å². The number of benzene rings is 3. The molecule has 3 aromatic rings. The van der Waals surface area contributed by atoms with Gasteiger partial charge in [-0.1, -0.05) is 43.3 Å². The quantitative estimate of drug-likeness (QED) is 0.643. The Labute approximate surface area is 185 Å². The van der Waals surface area contributed by atoms with Crippen LogP contribution in [0.1, 0.15) is 12.5 Å². The molecule has 0 atom stereocenters. The fourth-order valence-corrected chi connectivity index (χ4v) is 5.30. The number of aryl methyl sites for hydroxylation is 1. The second-order valence-electron chi connectivity index (χ2n) is 7.36. The summed E-state index contributed by atoms with van der Waals surface area (Å²) in [4.78, 5) is 2.67. The lowest BCUT2D eigenvalue weighted by Gasteiger charge is -2.31. The molecule has 0 aliphatic carbocycles. The molecule has 0 bridgehead atoms. The van der Waals surface area contributed by atoms with Crippen molar-refractivity contribution in [3.05, 3.63) is 66.2 Å². The summed E-state index contributed by atoms with van der Waals surface area (Å²) < 4.78 is 28.5. The van der Waals surface area contributed by atoms with Crippen molar-refractivity contribution in [3.63, 3.8) is 0 Å². The molecule has 0 spiro atoms. The third-order valence-corrected chi connectivity index (χ3v) is 7.48. The molecular formula is C23H28ClN3O2S. The van der Waals surface area contributed by atoms with E-state index in [1.54, 1.807) is 13.1 Å². The number of hydrogen-bond acceptors (Lipinski definition) is 4. The predicted molar refractivity (Wildman–Crippen MR) is 128 cm³/mol. The van der Waals surface area contributed by atoms with E-state index in [0.717, 1.165) is 54.6 Å². The lowest BCUT2D eigenvalue weighted by atomic mass is 10.1. The Bertz CT molecular complexity index is 1130. The van der Waals surface area contributed by atoms with Gasteiger partial charge in [0.05, 0.1) is 10.6 Å². The van der Waals surface area contributed by atoms with Crippen LogP contribution < -0.4 is 14.5 Å². The molecule has 160 valence electrons. The van der Waals surface area contributed by atoms with Gasteiger partial charge in [0, 0.05) is 49.7 Å². The Morgan fingerprint density at radius 2 is 1.67 bits per heavy atom. The summed E-state index contributed by atoms with van der Waals surface area (Å²) in [6.07, 6.45) is 0.865. The monoisotopic (exact) mass is 445 g/mol. The third kappa shape index (κ3) is 4.13. The summed E-state index contributed by atoms with van der Waals surface area (Å²) in [6.45, 7) is 5.77. The van der Waals surface area contributed by atoms with Crippen molar-refractivity contribution in [1.82, 2.24) is 5.32 Å². The van der Waals surface area contributed by atoms with Crippen LogP contribution in [-0.2, 0) is 16.4 Å². The Hall–Kier alpha value is -2.28.